The number of amides is 1. The highest BCUT2D eigenvalue weighted by molar-refractivity contribution is 7.89. The fraction of sp³-hybridized carbons (Fsp3) is 0.579. The summed E-state index contributed by atoms with van der Waals surface area (Å²) in [6.07, 6.45) is -4.93. The number of nitrogens with one attached hydrogen (secondary N) is 1. The van der Waals surface area contributed by atoms with E-state index < -0.39 is 22.2 Å². The van der Waals surface area contributed by atoms with Gasteiger partial charge < -0.3 is 24.8 Å². The van der Waals surface area contributed by atoms with Gasteiger partial charge in [-0.1, -0.05) is 6.92 Å². The maximum atomic E-state index is 13.1. The molecular formula is C19H28F3N3O7S. The zero-order valence-corrected chi connectivity index (χ0v) is 19.3. The number of benzene rings is 1. The highest BCUT2D eigenvalue weighted by atomic mass is 32.2. The van der Waals surface area contributed by atoms with Crippen molar-refractivity contribution in [1.29, 1.82) is 0 Å². The molecule has 0 radical (unpaired) electrons. The average Bonchev–Trinajstić information content (AvgIpc) is 2.79. The third kappa shape index (κ3) is 8.37. The number of hydrogen-bond donors (Lipinski definition) is 2. The molecule has 0 spiro atoms. The van der Waals surface area contributed by atoms with E-state index in [9.17, 15) is 26.4 Å². The molecule has 1 saturated heterocycles. The largest absolute Gasteiger partial charge is 0.497 e. The van der Waals surface area contributed by atoms with Crippen molar-refractivity contribution < 1.29 is 45.8 Å². The summed E-state index contributed by atoms with van der Waals surface area (Å²) in [4.78, 5) is 23.0. The van der Waals surface area contributed by atoms with Crippen molar-refractivity contribution in [3.63, 3.8) is 0 Å². The molecule has 33 heavy (non-hydrogen) atoms. The van der Waals surface area contributed by atoms with E-state index >= 15 is 0 Å². The number of methoxy groups -OCH3 is 2. The quantitative estimate of drug-likeness (QED) is 0.546. The molecule has 1 amide bonds. The monoisotopic (exact) mass is 499 g/mol. The maximum Gasteiger partial charge on any atom is 0.490 e. The predicted molar refractivity (Wildman–Crippen MR) is 112 cm³/mol. The molecule has 188 valence electrons. The number of piperazine rings is 1. The van der Waals surface area contributed by atoms with Crippen LogP contribution in [0.4, 0.5) is 13.2 Å². The summed E-state index contributed by atoms with van der Waals surface area (Å²) in [6.45, 7) is 4.98. The maximum absolute atomic E-state index is 13.1. The van der Waals surface area contributed by atoms with Gasteiger partial charge in [0, 0.05) is 51.8 Å². The van der Waals surface area contributed by atoms with E-state index in [4.69, 9.17) is 19.4 Å². The topological polar surface area (TPSA) is 125 Å². The van der Waals surface area contributed by atoms with Crippen LogP contribution < -0.4 is 14.8 Å². The van der Waals surface area contributed by atoms with E-state index in [1.54, 1.807) is 24.0 Å². The first kappa shape index (κ1) is 28.5. The number of carboxylic acid groups (broad SMARTS) is 1. The number of hydrogen-bond acceptors (Lipinski definition) is 7. The Balaban J connectivity index is 0.000000675. The first-order chi connectivity index (χ1) is 15.4. The van der Waals surface area contributed by atoms with Crippen molar-refractivity contribution in [2.24, 2.45) is 0 Å². The second-order valence-corrected chi connectivity index (χ2v) is 8.60. The average molecular weight is 500 g/mol. The van der Waals surface area contributed by atoms with Crippen molar-refractivity contribution in [3.05, 3.63) is 18.2 Å². The summed E-state index contributed by atoms with van der Waals surface area (Å²) in [7, 11) is -0.912. The molecule has 0 unspecified atom stereocenters. The van der Waals surface area contributed by atoms with Gasteiger partial charge in [0.2, 0.25) is 15.9 Å². The van der Waals surface area contributed by atoms with Gasteiger partial charge in [0.05, 0.1) is 14.2 Å². The van der Waals surface area contributed by atoms with Crippen LogP contribution in [0.1, 0.15) is 13.3 Å². The minimum atomic E-state index is -5.08. The Morgan fingerprint density at radius 2 is 1.76 bits per heavy atom. The van der Waals surface area contributed by atoms with Gasteiger partial charge in [0.15, 0.2) is 0 Å². The van der Waals surface area contributed by atoms with E-state index in [1.165, 1.54) is 24.6 Å². The third-order valence-electron chi connectivity index (χ3n) is 4.63. The lowest BCUT2D eigenvalue weighted by Crippen LogP contribution is -2.47. The van der Waals surface area contributed by atoms with Gasteiger partial charge in [0.25, 0.3) is 0 Å². The molecule has 1 heterocycles. The summed E-state index contributed by atoms with van der Waals surface area (Å²) < 4.78 is 69.5. The lowest BCUT2D eigenvalue weighted by molar-refractivity contribution is -0.192. The van der Waals surface area contributed by atoms with Crippen molar-refractivity contribution in [2.75, 3.05) is 53.5 Å². The van der Waals surface area contributed by atoms with Crippen LogP contribution in [0.25, 0.3) is 0 Å². The van der Waals surface area contributed by atoms with Crippen molar-refractivity contribution in [2.45, 2.75) is 24.4 Å². The summed E-state index contributed by atoms with van der Waals surface area (Å²) in [5.74, 6) is -2.11. The minimum Gasteiger partial charge on any atom is -0.497 e. The van der Waals surface area contributed by atoms with Gasteiger partial charge in [-0.25, -0.2) is 13.2 Å². The highest BCUT2D eigenvalue weighted by Gasteiger charge is 2.38. The minimum absolute atomic E-state index is 0.0299. The fourth-order valence-corrected chi connectivity index (χ4v) is 4.49. The standard InChI is InChI=1S/C17H27N3O5S.C2HF3O2/c1-4-20(10-7-17(21)19-11-8-18-9-12-19)26(22,23)16-13-14(24-2)5-6-15(16)25-3;3-2(4,5)1(6)7/h5-6,13,18H,4,7-12H2,1-3H3;(H,6,7). The van der Waals surface area contributed by atoms with Crippen LogP contribution >= 0.6 is 0 Å². The second kappa shape index (κ2) is 12.6. The molecule has 1 aliphatic rings. The molecule has 0 aliphatic carbocycles. The Morgan fingerprint density at radius 3 is 2.21 bits per heavy atom. The van der Waals surface area contributed by atoms with Crippen LogP contribution in [0.15, 0.2) is 23.1 Å². The zero-order chi connectivity index (χ0) is 25.2. The Bertz CT molecular complexity index is 904. The van der Waals surface area contributed by atoms with Crippen molar-refractivity contribution >= 4 is 21.9 Å². The Labute approximate surface area is 190 Å². The van der Waals surface area contributed by atoms with Gasteiger partial charge in [0.1, 0.15) is 16.4 Å². The fourth-order valence-electron chi connectivity index (χ4n) is 2.87. The smallest absolute Gasteiger partial charge is 0.490 e. The van der Waals surface area contributed by atoms with E-state index in [2.05, 4.69) is 5.32 Å². The van der Waals surface area contributed by atoms with Crippen LogP contribution in [-0.4, -0.2) is 94.3 Å². The van der Waals surface area contributed by atoms with Gasteiger partial charge in [-0.2, -0.15) is 17.5 Å². The molecule has 2 N–H and O–H groups in total. The summed E-state index contributed by atoms with van der Waals surface area (Å²) in [5.41, 5.74) is 0. The second-order valence-electron chi connectivity index (χ2n) is 6.70. The lowest BCUT2D eigenvalue weighted by atomic mass is 10.3. The van der Waals surface area contributed by atoms with Crippen LogP contribution in [-0.2, 0) is 19.6 Å². The number of nitrogens with zero attached hydrogens (tertiary/aromatic N) is 2. The number of sulfonamides is 1. The molecule has 1 aliphatic heterocycles. The first-order valence-corrected chi connectivity index (χ1v) is 11.3. The van der Waals surface area contributed by atoms with Gasteiger partial charge in [-0.15, -0.1) is 0 Å². The van der Waals surface area contributed by atoms with Gasteiger partial charge >= 0.3 is 12.1 Å². The molecule has 2 rings (SSSR count). The number of ether oxygens (including phenoxy) is 2. The van der Waals surface area contributed by atoms with E-state index in [1.807, 2.05) is 0 Å². The van der Waals surface area contributed by atoms with Crippen LogP contribution in [0.2, 0.25) is 0 Å². The zero-order valence-electron chi connectivity index (χ0n) is 18.5. The SMILES string of the molecule is CCN(CCC(=O)N1CCNCC1)S(=O)(=O)c1cc(OC)ccc1OC.O=C(O)C(F)(F)F. The summed E-state index contributed by atoms with van der Waals surface area (Å²) in [6, 6.07) is 4.64. The van der Waals surface area contributed by atoms with E-state index in [0.717, 1.165) is 13.1 Å². The number of carbonyl (C=O) groups excluding carboxylic acids is 1. The first-order valence-electron chi connectivity index (χ1n) is 9.89. The van der Waals surface area contributed by atoms with Crippen molar-refractivity contribution in [3.8, 4) is 11.5 Å². The highest BCUT2D eigenvalue weighted by Crippen LogP contribution is 2.30. The number of carboxylic acids is 1. The summed E-state index contributed by atoms with van der Waals surface area (Å²) in [5, 5.41) is 10.3. The molecule has 0 aromatic heterocycles. The number of halogens is 3. The van der Waals surface area contributed by atoms with E-state index in [-0.39, 0.29) is 36.1 Å². The van der Waals surface area contributed by atoms with Crippen LogP contribution in [0.3, 0.4) is 0 Å². The Kier molecular flexibility index (Phi) is 10.9. The number of carbonyl (C=O) groups is 2. The van der Waals surface area contributed by atoms with Crippen LogP contribution in [0.5, 0.6) is 11.5 Å². The van der Waals surface area contributed by atoms with Gasteiger partial charge in [-0.3, -0.25) is 4.79 Å². The van der Waals surface area contributed by atoms with E-state index in [0.29, 0.717) is 18.8 Å². The molecule has 0 bridgehead atoms. The molecule has 1 aromatic carbocycles. The predicted octanol–water partition coefficient (Wildman–Crippen LogP) is 1.17. The molecule has 1 fully saturated rings. The molecule has 0 atom stereocenters. The van der Waals surface area contributed by atoms with Crippen LogP contribution in [0, 0.1) is 0 Å². The third-order valence-corrected chi connectivity index (χ3v) is 6.62. The van der Waals surface area contributed by atoms with Crippen molar-refractivity contribution in [1.82, 2.24) is 14.5 Å². The number of aliphatic carboxylic acids is 1. The normalized spacial score (nSPS) is 14.3. The number of alkyl halides is 3. The Hall–Kier alpha value is -2.58. The summed E-state index contributed by atoms with van der Waals surface area (Å²) >= 11 is 0. The Morgan fingerprint density at radius 1 is 1.18 bits per heavy atom. The molecule has 1 aromatic rings. The number of rotatable bonds is 8. The molecular weight excluding hydrogens is 471 g/mol. The molecule has 14 heteroatoms. The van der Waals surface area contributed by atoms with Gasteiger partial charge in [-0.05, 0) is 12.1 Å². The molecule has 10 nitrogen and oxygen atoms in total. The molecule has 0 saturated carbocycles. The lowest BCUT2D eigenvalue weighted by Gasteiger charge is -2.28.